The Labute approximate surface area is 194 Å². The predicted molar refractivity (Wildman–Crippen MR) is 120 cm³/mol. The van der Waals surface area contributed by atoms with Crippen molar-refractivity contribution in [1.82, 2.24) is 15.0 Å². The average molecular weight is 511 g/mol. The van der Waals surface area contributed by atoms with Gasteiger partial charge in [-0.1, -0.05) is 23.7 Å². The number of nitrogens with one attached hydrogen (secondary N) is 3. The van der Waals surface area contributed by atoms with Crippen molar-refractivity contribution in [3.63, 3.8) is 0 Å². The van der Waals surface area contributed by atoms with Crippen LogP contribution in [0, 0.1) is 6.92 Å². The highest BCUT2D eigenvalue weighted by Crippen LogP contribution is 2.33. The van der Waals surface area contributed by atoms with Crippen LogP contribution in [0.3, 0.4) is 0 Å². The summed E-state index contributed by atoms with van der Waals surface area (Å²) >= 11 is 6.25. The molecule has 13 heteroatoms. The summed E-state index contributed by atoms with van der Waals surface area (Å²) in [5.74, 6) is 0. The largest absolute Gasteiger partial charge is 0.433 e. The number of H-pyrrole nitrogens is 2. The van der Waals surface area contributed by atoms with Gasteiger partial charge in [0.25, 0.3) is 10.0 Å². The van der Waals surface area contributed by atoms with Gasteiger partial charge in [0.15, 0.2) is 0 Å². The fourth-order valence-corrected chi connectivity index (χ4v) is 4.88. The Morgan fingerprint density at radius 3 is 2.18 bits per heavy atom. The Morgan fingerprint density at radius 1 is 0.971 bits per heavy atom. The topological polar surface area (TPSA) is 125 Å². The van der Waals surface area contributed by atoms with Gasteiger partial charge in [-0.3, -0.25) is 19.3 Å². The molecule has 3 N–H and O–H groups in total. The molecule has 0 bridgehead atoms. The van der Waals surface area contributed by atoms with E-state index < -0.39 is 33.0 Å². The number of halogens is 4. The number of pyridine rings is 1. The second-order valence-electron chi connectivity index (χ2n) is 7.30. The van der Waals surface area contributed by atoms with E-state index in [4.69, 9.17) is 11.6 Å². The van der Waals surface area contributed by atoms with Crippen LogP contribution in [0.2, 0.25) is 5.02 Å². The van der Waals surface area contributed by atoms with E-state index in [2.05, 4.69) is 19.7 Å². The molecule has 8 nitrogen and oxygen atoms in total. The van der Waals surface area contributed by atoms with Gasteiger partial charge in [0.1, 0.15) is 5.69 Å². The van der Waals surface area contributed by atoms with Gasteiger partial charge in [-0.2, -0.15) is 13.2 Å². The van der Waals surface area contributed by atoms with Gasteiger partial charge in [0.05, 0.1) is 26.6 Å². The number of alkyl halides is 3. The molecule has 0 saturated carbocycles. The van der Waals surface area contributed by atoms with Gasteiger partial charge in [-0.15, -0.1) is 0 Å². The zero-order valence-electron chi connectivity index (χ0n) is 17.1. The van der Waals surface area contributed by atoms with Crippen molar-refractivity contribution in [2.24, 2.45) is 0 Å². The Hall–Kier alpha value is -3.64. The van der Waals surface area contributed by atoms with Crippen LogP contribution >= 0.6 is 11.6 Å². The van der Waals surface area contributed by atoms with E-state index in [0.29, 0.717) is 16.7 Å². The minimum Gasteiger partial charge on any atom is -0.316 e. The maximum atomic E-state index is 13.0. The van der Waals surface area contributed by atoms with Crippen molar-refractivity contribution in [3.8, 4) is 11.1 Å². The first-order chi connectivity index (χ1) is 15.8. The van der Waals surface area contributed by atoms with Gasteiger partial charge in [-0.25, -0.2) is 8.42 Å². The number of hydrogen-bond donors (Lipinski definition) is 3. The highest BCUT2D eigenvalue weighted by molar-refractivity contribution is 7.92. The first-order valence-corrected chi connectivity index (χ1v) is 11.3. The molecule has 176 valence electrons. The SMILES string of the molecule is Cc1cc2[nH]c(=O)c(=O)[nH]c2cc1S(=O)(=O)Nc1ccc(-c2ccc(C(F)(F)F)nc2)c(Cl)c1. The second-order valence-corrected chi connectivity index (χ2v) is 9.36. The normalized spacial score (nSPS) is 12.1. The molecule has 0 fully saturated rings. The predicted octanol–water partition coefficient (Wildman–Crippen LogP) is 4.06. The number of aromatic nitrogens is 3. The average Bonchev–Trinajstić information content (AvgIpc) is 2.74. The first-order valence-electron chi connectivity index (χ1n) is 9.48. The van der Waals surface area contributed by atoms with E-state index in [0.717, 1.165) is 12.3 Å². The number of aromatic amines is 2. The fourth-order valence-electron chi connectivity index (χ4n) is 3.29. The summed E-state index contributed by atoms with van der Waals surface area (Å²) in [5, 5.41) is 0.0823. The second kappa shape index (κ2) is 8.29. The standard InChI is InChI=1S/C21H14ClF3N4O4S/c1-10-6-15-16(28-20(31)19(30)27-15)8-17(10)34(32,33)29-12-3-4-13(14(22)7-12)11-2-5-18(26-9-11)21(23,24)25/h2-9,29H,1H3,(H,27,30)(H,28,31). The van der Waals surface area contributed by atoms with Crippen molar-refractivity contribution in [1.29, 1.82) is 0 Å². The third-order valence-electron chi connectivity index (χ3n) is 4.89. The summed E-state index contributed by atoms with van der Waals surface area (Å²) in [7, 11) is -4.13. The third-order valence-corrected chi connectivity index (χ3v) is 6.73. The highest BCUT2D eigenvalue weighted by Gasteiger charge is 2.32. The van der Waals surface area contributed by atoms with Crippen LogP contribution < -0.4 is 15.8 Å². The summed E-state index contributed by atoms with van der Waals surface area (Å²) in [6.07, 6.45) is -3.55. The number of nitrogens with zero attached hydrogens (tertiary/aromatic N) is 1. The van der Waals surface area contributed by atoms with Crippen molar-refractivity contribution in [2.45, 2.75) is 18.0 Å². The van der Waals surface area contributed by atoms with Gasteiger partial charge in [0, 0.05) is 17.3 Å². The van der Waals surface area contributed by atoms with Crippen LogP contribution in [0.25, 0.3) is 22.2 Å². The van der Waals surface area contributed by atoms with Gasteiger partial charge in [0.2, 0.25) is 0 Å². The molecule has 0 saturated heterocycles. The summed E-state index contributed by atoms with van der Waals surface area (Å²) in [4.78, 5) is 31.0. The highest BCUT2D eigenvalue weighted by atomic mass is 35.5. The molecule has 0 spiro atoms. The lowest BCUT2D eigenvalue weighted by Crippen LogP contribution is -2.29. The van der Waals surface area contributed by atoms with E-state index in [9.17, 15) is 31.2 Å². The summed E-state index contributed by atoms with van der Waals surface area (Å²) in [5.41, 5.74) is -1.37. The van der Waals surface area contributed by atoms with E-state index in [1.54, 1.807) is 0 Å². The molecule has 0 radical (unpaired) electrons. The van der Waals surface area contributed by atoms with Crippen molar-refractivity contribution < 1.29 is 21.6 Å². The number of fused-ring (bicyclic) bond motifs is 1. The molecule has 34 heavy (non-hydrogen) atoms. The minimum atomic E-state index is -4.58. The van der Waals surface area contributed by atoms with Crippen LogP contribution in [-0.4, -0.2) is 23.4 Å². The smallest absolute Gasteiger partial charge is 0.316 e. The molecule has 0 atom stereocenters. The molecule has 4 aromatic rings. The van der Waals surface area contributed by atoms with Crippen molar-refractivity contribution in [3.05, 3.63) is 85.6 Å². The van der Waals surface area contributed by atoms with Gasteiger partial charge in [-0.05, 0) is 42.8 Å². The summed E-state index contributed by atoms with van der Waals surface area (Å²) < 4.78 is 66.5. The molecule has 2 aromatic carbocycles. The maximum absolute atomic E-state index is 13.0. The molecular formula is C21H14ClF3N4O4S. The third kappa shape index (κ3) is 4.54. The monoisotopic (exact) mass is 510 g/mol. The van der Waals surface area contributed by atoms with Crippen LogP contribution in [0.4, 0.5) is 18.9 Å². The van der Waals surface area contributed by atoms with Crippen molar-refractivity contribution in [2.75, 3.05) is 4.72 Å². The number of anilines is 1. The molecule has 4 rings (SSSR count). The number of benzene rings is 2. The lowest BCUT2D eigenvalue weighted by atomic mass is 10.1. The summed E-state index contributed by atoms with van der Waals surface area (Å²) in [6.45, 7) is 1.52. The van der Waals surface area contributed by atoms with Gasteiger partial charge < -0.3 is 9.97 Å². The van der Waals surface area contributed by atoms with Crippen molar-refractivity contribution >= 4 is 38.3 Å². The fraction of sp³-hybridized carbons (Fsp3) is 0.0952. The lowest BCUT2D eigenvalue weighted by molar-refractivity contribution is -0.141. The Morgan fingerprint density at radius 2 is 1.62 bits per heavy atom. The van der Waals surface area contributed by atoms with Gasteiger partial charge >= 0.3 is 17.3 Å². The van der Waals surface area contributed by atoms with Crippen LogP contribution in [-0.2, 0) is 16.2 Å². The quantitative estimate of drug-likeness (QED) is 0.357. The molecule has 0 aliphatic carbocycles. The molecule has 2 heterocycles. The number of aryl methyl sites for hydroxylation is 1. The zero-order valence-corrected chi connectivity index (χ0v) is 18.7. The molecule has 0 amide bonds. The molecule has 2 aromatic heterocycles. The molecule has 0 unspecified atom stereocenters. The number of hydrogen-bond acceptors (Lipinski definition) is 5. The van der Waals surface area contributed by atoms with E-state index in [1.807, 2.05) is 0 Å². The Bertz CT molecular complexity index is 1650. The van der Waals surface area contributed by atoms with Crippen LogP contribution in [0.5, 0.6) is 0 Å². The lowest BCUT2D eigenvalue weighted by Gasteiger charge is -2.13. The molecule has 0 aliphatic rings. The number of rotatable bonds is 4. The number of sulfonamides is 1. The maximum Gasteiger partial charge on any atom is 0.433 e. The molecule has 0 aliphatic heterocycles. The van der Waals surface area contributed by atoms with E-state index in [-0.39, 0.29) is 26.6 Å². The Balaban J connectivity index is 1.66. The zero-order chi connectivity index (χ0) is 24.8. The first kappa shape index (κ1) is 23.5. The van der Waals surface area contributed by atoms with Crippen LogP contribution in [0.15, 0.2) is 63.1 Å². The Kier molecular flexibility index (Phi) is 5.74. The van der Waals surface area contributed by atoms with E-state index >= 15 is 0 Å². The molecular weight excluding hydrogens is 497 g/mol. The summed E-state index contributed by atoms with van der Waals surface area (Å²) in [6, 6.07) is 8.81. The van der Waals surface area contributed by atoms with Crippen LogP contribution in [0.1, 0.15) is 11.3 Å². The van der Waals surface area contributed by atoms with E-state index in [1.165, 1.54) is 43.3 Å². The minimum absolute atomic E-state index is 0.0823.